The van der Waals surface area contributed by atoms with Gasteiger partial charge in [0, 0.05) is 31.7 Å². The highest BCUT2D eigenvalue weighted by Gasteiger charge is 2.28. The largest absolute Gasteiger partial charge is 0.314 e. The number of rotatable bonds is 2. The Morgan fingerprint density at radius 2 is 2.14 bits per heavy atom. The van der Waals surface area contributed by atoms with Crippen molar-refractivity contribution in [2.75, 3.05) is 31.1 Å². The number of nitrogens with zero attached hydrogens (tertiary/aromatic N) is 1. The first-order valence-electron chi connectivity index (χ1n) is 5.96. The molecule has 2 aliphatic rings. The number of hydrogen-bond acceptors (Lipinski definition) is 3. The Hall–Kier alpha value is 0.270. The van der Waals surface area contributed by atoms with Gasteiger partial charge < -0.3 is 5.32 Å². The lowest BCUT2D eigenvalue weighted by atomic mass is 10.0. The van der Waals surface area contributed by atoms with Crippen LogP contribution in [0.3, 0.4) is 0 Å². The summed E-state index contributed by atoms with van der Waals surface area (Å²) in [6.45, 7) is 6.00. The summed E-state index contributed by atoms with van der Waals surface area (Å²) in [7, 11) is 0. The molecule has 2 heterocycles. The van der Waals surface area contributed by atoms with Gasteiger partial charge in [-0.15, -0.1) is 0 Å². The van der Waals surface area contributed by atoms with E-state index in [1.807, 2.05) is 0 Å². The first kappa shape index (κ1) is 10.8. The van der Waals surface area contributed by atoms with Gasteiger partial charge in [0.15, 0.2) is 0 Å². The summed E-state index contributed by atoms with van der Waals surface area (Å²) in [5.41, 5.74) is 0. The van der Waals surface area contributed by atoms with Gasteiger partial charge in [-0.3, -0.25) is 4.90 Å². The maximum atomic E-state index is 3.51. The molecule has 0 aromatic heterocycles. The SMILES string of the molecule is CCC1CNCCN1C1CCSCC1. The molecule has 2 nitrogen and oxygen atoms in total. The van der Waals surface area contributed by atoms with Crippen molar-refractivity contribution in [2.24, 2.45) is 0 Å². The van der Waals surface area contributed by atoms with E-state index in [0.717, 1.165) is 12.1 Å². The number of hydrogen-bond donors (Lipinski definition) is 1. The lowest BCUT2D eigenvalue weighted by molar-refractivity contribution is 0.0972. The molecule has 0 aliphatic carbocycles. The molecule has 1 atom stereocenters. The van der Waals surface area contributed by atoms with Crippen LogP contribution in [0.25, 0.3) is 0 Å². The molecule has 2 fully saturated rings. The van der Waals surface area contributed by atoms with Gasteiger partial charge in [0.05, 0.1) is 0 Å². The molecular weight excluding hydrogens is 192 g/mol. The monoisotopic (exact) mass is 214 g/mol. The summed E-state index contributed by atoms with van der Waals surface area (Å²) < 4.78 is 0. The van der Waals surface area contributed by atoms with E-state index < -0.39 is 0 Å². The minimum absolute atomic E-state index is 0.803. The van der Waals surface area contributed by atoms with Gasteiger partial charge in [0.2, 0.25) is 0 Å². The van der Waals surface area contributed by atoms with Gasteiger partial charge in [-0.25, -0.2) is 0 Å². The molecule has 2 aliphatic heterocycles. The van der Waals surface area contributed by atoms with Crippen LogP contribution in [0.2, 0.25) is 0 Å². The van der Waals surface area contributed by atoms with E-state index in [2.05, 4.69) is 28.9 Å². The Balaban J connectivity index is 1.91. The third-order valence-electron chi connectivity index (χ3n) is 3.53. The molecule has 0 spiro atoms. The molecule has 0 amide bonds. The fourth-order valence-electron chi connectivity index (χ4n) is 2.65. The summed E-state index contributed by atoms with van der Waals surface area (Å²) in [5, 5.41) is 3.51. The number of piperazine rings is 1. The van der Waals surface area contributed by atoms with Crippen LogP contribution in [-0.2, 0) is 0 Å². The Bertz CT molecular complexity index is 169. The first-order valence-corrected chi connectivity index (χ1v) is 7.11. The highest BCUT2D eigenvalue weighted by Crippen LogP contribution is 2.24. The van der Waals surface area contributed by atoms with Crippen LogP contribution >= 0.6 is 11.8 Å². The Labute approximate surface area is 91.8 Å². The molecule has 2 saturated heterocycles. The molecule has 3 heteroatoms. The van der Waals surface area contributed by atoms with Gasteiger partial charge in [-0.1, -0.05) is 6.92 Å². The maximum Gasteiger partial charge on any atom is 0.0221 e. The van der Waals surface area contributed by atoms with Crippen LogP contribution in [0.15, 0.2) is 0 Å². The lowest BCUT2D eigenvalue weighted by Crippen LogP contribution is -2.55. The molecule has 82 valence electrons. The quantitative estimate of drug-likeness (QED) is 0.751. The molecule has 0 radical (unpaired) electrons. The van der Waals surface area contributed by atoms with Crippen molar-refractivity contribution in [1.29, 1.82) is 0 Å². The van der Waals surface area contributed by atoms with E-state index >= 15 is 0 Å². The number of nitrogens with one attached hydrogen (secondary N) is 1. The normalized spacial score (nSPS) is 31.9. The third kappa shape index (κ3) is 2.44. The average molecular weight is 214 g/mol. The third-order valence-corrected chi connectivity index (χ3v) is 4.58. The van der Waals surface area contributed by atoms with Crippen LogP contribution in [0.4, 0.5) is 0 Å². The average Bonchev–Trinajstić information content (AvgIpc) is 2.30. The molecule has 0 aromatic rings. The van der Waals surface area contributed by atoms with E-state index in [1.54, 1.807) is 0 Å². The molecule has 1 unspecified atom stereocenters. The zero-order valence-corrected chi connectivity index (χ0v) is 9.98. The van der Waals surface area contributed by atoms with Gasteiger partial charge in [0.1, 0.15) is 0 Å². The van der Waals surface area contributed by atoms with Crippen LogP contribution in [-0.4, -0.2) is 48.1 Å². The predicted molar refractivity (Wildman–Crippen MR) is 64.0 cm³/mol. The Kier molecular flexibility index (Phi) is 4.14. The molecule has 0 aromatic carbocycles. The Morgan fingerprint density at radius 3 is 2.86 bits per heavy atom. The van der Waals surface area contributed by atoms with Gasteiger partial charge in [0.25, 0.3) is 0 Å². The van der Waals surface area contributed by atoms with Crippen LogP contribution in [0.5, 0.6) is 0 Å². The van der Waals surface area contributed by atoms with Gasteiger partial charge >= 0.3 is 0 Å². The van der Waals surface area contributed by atoms with E-state index in [0.29, 0.717) is 0 Å². The van der Waals surface area contributed by atoms with Gasteiger partial charge in [-0.2, -0.15) is 11.8 Å². The minimum Gasteiger partial charge on any atom is -0.314 e. The molecule has 1 N–H and O–H groups in total. The van der Waals surface area contributed by atoms with E-state index in [1.165, 1.54) is 50.4 Å². The van der Waals surface area contributed by atoms with Crippen molar-refractivity contribution in [2.45, 2.75) is 38.3 Å². The zero-order chi connectivity index (χ0) is 9.80. The molecule has 0 bridgehead atoms. The van der Waals surface area contributed by atoms with Crippen molar-refractivity contribution in [3.63, 3.8) is 0 Å². The second-order valence-electron chi connectivity index (χ2n) is 4.35. The topological polar surface area (TPSA) is 15.3 Å². The minimum atomic E-state index is 0.803. The molecule has 14 heavy (non-hydrogen) atoms. The van der Waals surface area contributed by atoms with E-state index in [4.69, 9.17) is 0 Å². The predicted octanol–water partition coefficient (Wildman–Crippen LogP) is 1.57. The molecule has 2 rings (SSSR count). The maximum absolute atomic E-state index is 3.51. The molecular formula is C11H22N2S. The smallest absolute Gasteiger partial charge is 0.0221 e. The van der Waals surface area contributed by atoms with E-state index in [-0.39, 0.29) is 0 Å². The summed E-state index contributed by atoms with van der Waals surface area (Å²) in [4.78, 5) is 2.77. The van der Waals surface area contributed by atoms with Crippen LogP contribution < -0.4 is 5.32 Å². The van der Waals surface area contributed by atoms with Crippen molar-refractivity contribution in [3.8, 4) is 0 Å². The fraction of sp³-hybridized carbons (Fsp3) is 1.00. The lowest BCUT2D eigenvalue weighted by Gasteiger charge is -2.42. The van der Waals surface area contributed by atoms with E-state index in [9.17, 15) is 0 Å². The summed E-state index contributed by atoms with van der Waals surface area (Å²) >= 11 is 2.13. The second kappa shape index (κ2) is 5.38. The highest BCUT2D eigenvalue weighted by atomic mass is 32.2. The highest BCUT2D eigenvalue weighted by molar-refractivity contribution is 7.99. The van der Waals surface area contributed by atoms with Crippen molar-refractivity contribution >= 4 is 11.8 Å². The fourth-order valence-corrected chi connectivity index (χ4v) is 3.73. The zero-order valence-electron chi connectivity index (χ0n) is 9.17. The van der Waals surface area contributed by atoms with Gasteiger partial charge in [-0.05, 0) is 30.8 Å². The Morgan fingerprint density at radius 1 is 1.36 bits per heavy atom. The first-order chi connectivity index (χ1) is 6.92. The second-order valence-corrected chi connectivity index (χ2v) is 5.57. The van der Waals surface area contributed by atoms with Crippen molar-refractivity contribution < 1.29 is 0 Å². The summed E-state index contributed by atoms with van der Waals surface area (Å²) in [5.74, 6) is 2.76. The summed E-state index contributed by atoms with van der Waals surface area (Å²) in [6, 6.07) is 1.69. The van der Waals surface area contributed by atoms with Crippen molar-refractivity contribution in [1.82, 2.24) is 10.2 Å². The standard InChI is InChI=1S/C11H22N2S/c1-2-10-9-12-5-6-13(10)11-3-7-14-8-4-11/h10-12H,2-9H2,1H3. The van der Waals surface area contributed by atoms with Crippen molar-refractivity contribution in [3.05, 3.63) is 0 Å². The number of thioether (sulfide) groups is 1. The summed E-state index contributed by atoms with van der Waals surface area (Å²) in [6.07, 6.45) is 4.14. The van der Waals surface area contributed by atoms with Crippen LogP contribution in [0, 0.1) is 0 Å². The van der Waals surface area contributed by atoms with Crippen LogP contribution in [0.1, 0.15) is 26.2 Å². The molecule has 0 saturated carbocycles.